The van der Waals surface area contributed by atoms with Crippen molar-refractivity contribution < 1.29 is 4.79 Å². The summed E-state index contributed by atoms with van der Waals surface area (Å²) in [6, 6.07) is 9.67. The normalized spacial score (nSPS) is 14.1. The van der Waals surface area contributed by atoms with E-state index in [-0.39, 0.29) is 5.91 Å². The number of pyridine rings is 4. The van der Waals surface area contributed by atoms with Gasteiger partial charge in [-0.05, 0) is 49.1 Å². The molecule has 10 heteroatoms. The Hall–Kier alpha value is -4.99. The Kier molecular flexibility index (Phi) is 6.19. The van der Waals surface area contributed by atoms with E-state index in [1.54, 1.807) is 37.2 Å². The van der Waals surface area contributed by atoms with Crippen LogP contribution in [0, 0.1) is 5.92 Å². The molecule has 0 atom stereocenters. The standard InChI is InChI=1S/C30H27N9O/c40-25(12-18-4-2-1-3-5-18)35-22-13-20(15-32-17-22)21-14-23-27(38-39-29(23)34-16-21)30-36-24-8-11-33-26(28(24)37-30)19-6-9-31-10-7-19/h6-11,13-18H,1-5,12H2,(H,35,40)(H,36,37)(H,34,38,39). The molecule has 3 N–H and O–H groups in total. The Bertz CT molecular complexity index is 1820. The summed E-state index contributed by atoms with van der Waals surface area (Å²) in [7, 11) is 0. The number of hydrogen-bond acceptors (Lipinski definition) is 7. The van der Waals surface area contributed by atoms with Crippen molar-refractivity contribution in [2.24, 2.45) is 5.92 Å². The van der Waals surface area contributed by atoms with E-state index in [1.807, 2.05) is 30.3 Å². The average Bonchev–Trinajstić information content (AvgIpc) is 3.62. The third-order valence-corrected chi connectivity index (χ3v) is 7.55. The summed E-state index contributed by atoms with van der Waals surface area (Å²) in [5.74, 6) is 1.14. The molecule has 1 amide bonds. The van der Waals surface area contributed by atoms with Crippen LogP contribution in [0.15, 0.2) is 67.5 Å². The first-order valence-electron chi connectivity index (χ1n) is 13.6. The Morgan fingerprint density at radius 3 is 2.60 bits per heavy atom. The number of H-pyrrole nitrogens is 2. The van der Waals surface area contributed by atoms with Crippen LogP contribution in [0.2, 0.25) is 0 Å². The number of carbonyl (C=O) groups is 1. The molecule has 0 unspecified atom stereocenters. The Balaban J connectivity index is 1.19. The van der Waals surface area contributed by atoms with Gasteiger partial charge in [0.2, 0.25) is 5.91 Å². The lowest BCUT2D eigenvalue weighted by Gasteiger charge is -2.20. The monoisotopic (exact) mass is 529 g/mol. The highest BCUT2D eigenvalue weighted by Gasteiger charge is 2.19. The molecule has 0 spiro atoms. The fourth-order valence-electron chi connectivity index (χ4n) is 5.54. The number of aromatic amines is 2. The van der Waals surface area contributed by atoms with Crippen molar-refractivity contribution in [1.29, 1.82) is 0 Å². The zero-order valence-corrected chi connectivity index (χ0v) is 21.8. The summed E-state index contributed by atoms with van der Waals surface area (Å²) in [6.07, 6.45) is 17.0. The quantitative estimate of drug-likeness (QED) is 0.243. The molecule has 0 bridgehead atoms. The highest BCUT2D eigenvalue weighted by molar-refractivity contribution is 5.96. The van der Waals surface area contributed by atoms with Crippen LogP contribution in [0.25, 0.3) is 56.0 Å². The smallest absolute Gasteiger partial charge is 0.224 e. The molecule has 1 aliphatic carbocycles. The van der Waals surface area contributed by atoms with Crippen molar-refractivity contribution in [1.82, 2.24) is 40.1 Å². The van der Waals surface area contributed by atoms with Gasteiger partial charge in [0.15, 0.2) is 11.5 Å². The first kappa shape index (κ1) is 24.1. The maximum Gasteiger partial charge on any atom is 0.224 e. The fraction of sp³-hybridized carbons (Fsp3) is 0.233. The van der Waals surface area contributed by atoms with Crippen LogP contribution in [0.5, 0.6) is 0 Å². The summed E-state index contributed by atoms with van der Waals surface area (Å²) in [5, 5.41) is 11.4. The number of fused-ring (bicyclic) bond motifs is 2. The number of nitrogens with zero attached hydrogens (tertiary/aromatic N) is 6. The van der Waals surface area contributed by atoms with Gasteiger partial charge in [0.05, 0.1) is 28.5 Å². The summed E-state index contributed by atoms with van der Waals surface area (Å²) >= 11 is 0. The van der Waals surface area contributed by atoms with Gasteiger partial charge in [-0.1, -0.05) is 19.3 Å². The molecular weight excluding hydrogens is 502 g/mol. The fourth-order valence-corrected chi connectivity index (χ4v) is 5.54. The largest absolute Gasteiger partial charge is 0.336 e. The number of anilines is 1. The molecule has 1 saturated carbocycles. The second-order valence-electron chi connectivity index (χ2n) is 10.3. The number of aromatic nitrogens is 8. The Morgan fingerprint density at radius 1 is 0.875 bits per heavy atom. The van der Waals surface area contributed by atoms with Crippen LogP contribution in [0.3, 0.4) is 0 Å². The van der Waals surface area contributed by atoms with E-state index in [9.17, 15) is 4.79 Å². The molecule has 10 nitrogen and oxygen atoms in total. The molecule has 0 aromatic carbocycles. The highest BCUT2D eigenvalue weighted by Crippen LogP contribution is 2.32. The third kappa shape index (κ3) is 4.68. The van der Waals surface area contributed by atoms with E-state index < -0.39 is 0 Å². The van der Waals surface area contributed by atoms with Gasteiger partial charge in [-0.3, -0.25) is 24.8 Å². The molecule has 6 aromatic heterocycles. The van der Waals surface area contributed by atoms with E-state index in [1.165, 1.54) is 19.3 Å². The number of rotatable bonds is 6. The zero-order valence-electron chi connectivity index (χ0n) is 21.8. The lowest BCUT2D eigenvalue weighted by Crippen LogP contribution is -2.18. The molecule has 40 heavy (non-hydrogen) atoms. The summed E-state index contributed by atoms with van der Waals surface area (Å²) < 4.78 is 0. The van der Waals surface area contributed by atoms with Crippen LogP contribution in [0.1, 0.15) is 38.5 Å². The minimum atomic E-state index is 0.0436. The number of hydrogen-bond donors (Lipinski definition) is 3. The maximum absolute atomic E-state index is 12.7. The predicted molar refractivity (Wildman–Crippen MR) is 153 cm³/mol. The SMILES string of the molecule is O=C(CC1CCCCC1)Nc1cncc(-c2cnc3[nH]nc(-c4nc5c(-c6ccncc6)nccc5[nH]4)c3c2)c1. The van der Waals surface area contributed by atoms with Crippen molar-refractivity contribution in [3.05, 3.63) is 67.5 Å². The topological polar surface area (TPSA) is 138 Å². The van der Waals surface area contributed by atoms with Crippen molar-refractivity contribution in [2.45, 2.75) is 38.5 Å². The van der Waals surface area contributed by atoms with Crippen LogP contribution >= 0.6 is 0 Å². The van der Waals surface area contributed by atoms with Crippen molar-refractivity contribution in [3.8, 4) is 33.9 Å². The minimum absolute atomic E-state index is 0.0436. The zero-order chi connectivity index (χ0) is 26.9. The average molecular weight is 530 g/mol. The van der Waals surface area contributed by atoms with E-state index in [4.69, 9.17) is 4.98 Å². The Labute approximate surface area is 229 Å². The molecule has 198 valence electrons. The number of carbonyl (C=O) groups excluding carboxylic acids is 1. The number of nitrogens with one attached hydrogen (secondary N) is 3. The van der Waals surface area contributed by atoms with Gasteiger partial charge < -0.3 is 10.3 Å². The molecule has 6 heterocycles. The molecule has 6 aromatic rings. The summed E-state index contributed by atoms with van der Waals surface area (Å²) in [6.45, 7) is 0. The van der Waals surface area contributed by atoms with Crippen LogP contribution in [-0.4, -0.2) is 46.0 Å². The second-order valence-corrected chi connectivity index (χ2v) is 10.3. The third-order valence-electron chi connectivity index (χ3n) is 7.55. The molecule has 1 aliphatic rings. The van der Waals surface area contributed by atoms with Crippen molar-refractivity contribution in [3.63, 3.8) is 0 Å². The van der Waals surface area contributed by atoms with Crippen LogP contribution in [-0.2, 0) is 4.79 Å². The van der Waals surface area contributed by atoms with Crippen molar-refractivity contribution in [2.75, 3.05) is 5.32 Å². The van der Waals surface area contributed by atoms with E-state index in [0.29, 0.717) is 35.2 Å². The van der Waals surface area contributed by atoms with Gasteiger partial charge in [0.1, 0.15) is 11.2 Å². The van der Waals surface area contributed by atoms with Crippen LogP contribution < -0.4 is 5.32 Å². The van der Waals surface area contributed by atoms with Gasteiger partial charge in [-0.25, -0.2) is 9.97 Å². The van der Waals surface area contributed by atoms with Gasteiger partial charge in [0.25, 0.3) is 0 Å². The summed E-state index contributed by atoms with van der Waals surface area (Å²) in [4.78, 5) is 38.6. The maximum atomic E-state index is 12.7. The van der Waals surface area contributed by atoms with Gasteiger partial charge >= 0.3 is 0 Å². The lowest BCUT2D eigenvalue weighted by atomic mass is 9.87. The van der Waals surface area contributed by atoms with Gasteiger partial charge in [-0.2, -0.15) is 5.10 Å². The molecule has 0 saturated heterocycles. The predicted octanol–water partition coefficient (Wildman–Crippen LogP) is 5.93. The van der Waals surface area contributed by atoms with Crippen molar-refractivity contribution >= 4 is 33.7 Å². The number of amides is 1. The first-order valence-corrected chi connectivity index (χ1v) is 13.6. The highest BCUT2D eigenvalue weighted by atomic mass is 16.1. The van der Waals surface area contributed by atoms with Gasteiger partial charge in [0, 0.05) is 54.1 Å². The molecule has 7 rings (SSSR count). The Morgan fingerprint density at radius 2 is 1.73 bits per heavy atom. The summed E-state index contributed by atoms with van der Waals surface area (Å²) in [5.41, 5.74) is 7.03. The molecule has 1 fully saturated rings. The van der Waals surface area contributed by atoms with E-state index in [0.717, 1.165) is 51.6 Å². The van der Waals surface area contributed by atoms with Crippen LogP contribution in [0.4, 0.5) is 5.69 Å². The minimum Gasteiger partial charge on any atom is -0.336 e. The van der Waals surface area contributed by atoms with E-state index in [2.05, 4.69) is 40.4 Å². The molecule has 0 radical (unpaired) electrons. The molecule has 0 aliphatic heterocycles. The first-order chi connectivity index (χ1) is 19.7. The number of imidazole rings is 1. The lowest BCUT2D eigenvalue weighted by molar-refractivity contribution is -0.117. The second kappa shape index (κ2) is 10.3. The molecular formula is C30H27N9O. The van der Waals surface area contributed by atoms with Gasteiger partial charge in [-0.15, -0.1) is 0 Å². The van der Waals surface area contributed by atoms with E-state index >= 15 is 0 Å².